The highest BCUT2D eigenvalue weighted by atomic mass is 16.6. The molecule has 0 saturated heterocycles. The number of aromatic nitrogens is 1. The van der Waals surface area contributed by atoms with E-state index in [1.165, 1.54) is 30.9 Å². The highest BCUT2D eigenvalue weighted by Crippen LogP contribution is 2.35. The third-order valence-corrected chi connectivity index (χ3v) is 3.61. The predicted molar refractivity (Wildman–Crippen MR) is 87.1 cm³/mol. The monoisotopic (exact) mass is 318 g/mol. The zero-order chi connectivity index (χ0) is 17.1. The van der Waals surface area contributed by atoms with E-state index in [2.05, 4.69) is 0 Å². The second-order valence-electron chi connectivity index (χ2n) is 4.90. The minimum absolute atomic E-state index is 0.0710. The van der Waals surface area contributed by atoms with Gasteiger partial charge in [-0.25, -0.2) is 0 Å². The number of methoxy groups -OCH3 is 1. The zero-order valence-corrected chi connectivity index (χ0v) is 13.5. The molecule has 0 unspecified atom stereocenters. The number of rotatable bonds is 5. The average molecular weight is 318 g/mol. The Morgan fingerprint density at radius 2 is 2.09 bits per heavy atom. The zero-order valence-electron chi connectivity index (χ0n) is 13.5. The number of hydrogen-bond donors (Lipinski definition) is 0. The highest BCUT2D eigenvalue weighted by molar-refractivity contribution is 5.89. The lowest BCUT2D eigenvalue weighted by molar-refractivity contribution is -0.384. The first-order chi connectivity index (χ1) is 10.9. The lowest BCUT2D eigenvalue weighted by atomic mass is 10.1. The van der Waals surface area contributed by atoms with Crippen LogP contribution in [0.5, 0.6) is 11.5 Å². The van der Waals surface area contributed by atoms with Gasteiger partial charge in [0, 0.05) is 31.0 Å². The SMILES string of the molecule is CC=C(CC)Oc1c(OC)c(=O)n(C)c2cc([N+](=O)[O-])ccc12. The number of nitrogens with zero attached hydrogens (tertiary/aromatic N) is 2. The Bertz CT molecular complexity index is 852. The Balaban J connectivity index is 2.85. The summed E-state index contributed by atoms with van der Waals surface area (Å²) in [5.74, 6) is 1.02. The average Bonchev–Trinajstić information content (AvgIpc) is 2.56. The van der Waals surface area contributed by atoms with Gasteiger partial charge in [0.05, 0.1) is 23.3 Å². The number of benzene rings is 1. The summed E-state index contributed by atoms with van der Waals surface area (Å²) in [4.78, 5) is 22.9. The van der Waals surface area contributed by atoms with Crippen LogP contribution in [0, 0.1) is 10.1 Å². The lowest BCUT2D eigenvalue weighted by Gasteiger charge is -2.16. The van der Waals surface area contributed by atoms with Crippen molar-refractivity contribution in [1.82, 2.24) is 4.57 Å². The molecular weight excluding hydrogens is 300 g/mol. The first kappa shape index (κ1) is 16.5. The molecule has 0 amide bonds. The molecule has 0 aliphatic heterocycles. The molecule has 0 fully saturated rings. The van der Waals surface area contributed by atoms with Gasteiger partial charge in [-0.1, -0.05) is 6.92 Å². The van der Waals surface area contributed by atoms with Crippen LogP contribution < -0.4 is 15.0 Å². The van der Waals surface area contributed by atoms with E-state index in [0.717, 1.165) is 0 Å². The Labute approximate surface area is 132 Å². The fraction of sp³-hybridized carbons (Fsp3) is 0.312. The molecule has 2 rings (SSSR count). The van der Waals surface area contributed by atoms with E-state index in [4.69, 9.17) is 9.47 Å². The van der Waals surface area contributed by atoms with Crippen molar-refractivity contribution in [1.29, 1.82) is 0 Å². The number of fused-ring (bicyclic) bond motifs is 1. The van der Waals surface area contributed by atoms with E-state index in [1.54, 1.807) is 12.1 Å². The summed E-state index contributed by atoms with van der Waals surface area (Å²) in [6.45, 7) is 3.76. The summed E-state index contributed by atoms with van der Waals surface area (Å²) < 4.78 is 12.4. The van der Waals surface area contributed by atoms with Crippen molar-refractivity contribution >= 4 is 16.6 Å². The van der Waals surface area contributed by atoms with Crippen molar-refractivity contribution < 1.29 is 14.4 Å². The molecule has 1 heterocycles. The van der Waals surface area contributed by atoms with E-state index in [0.29, 0.717) is 23.1 Å². The van der Waals surface area contributed by atoms with Crippen LogP contribution in [0.15, 0.2) is 34.8 Å². The summed E-state index contributed by atoms with van der Waals surface area (Å²) in [5.41, 5.74) is -0.0982. The fourth-order valence-corrected chi connectivity index (χ4v) is 2.33. The van der Waals surface area contributed by atoms with E-state index < -0.39 is 10.5 Å². The normalized spacial score (nSPS) is 11.6. The number of non-ortho nitro benzene ring substituents is 1. The predicted octanol–water partition coefficient (Wildman–Crippen LogP) is 3.15. The van der Waals surface area contributed by atoms with E-state index in [-0.39, 0.29) is 17.2 Å². The second-order valence-corrected chi connectivity index (χ2v) is 4.90. The minimum atomic E-state index is -0.502. The molecule has 122 valence electrons. The van der Waals surface area contributed by atoms with Crippen LogP contribution in [0.1, 0.15) is 20.3 Å². The van der Waals surface area contributed by atoms with Gasteiger partial charge in [-0.2, -0.15) is 0 Å². The molecule has 0 atom stereocenters. The van der Waals surface area contributed by atoms with Crippen LogP contribution in [0.2, 0.25) is 0 Å². The molecule has 0 N–H and O–H groups in total. The van der Waals surface area contributed by atoms with Crippen molar-refractivity contribution in [3.8, 4) is 11.5 Å². The smallest absolute Gasteiger partial charge is 0.297 e. The summed E-state index contributed by atoms with van der Waals surface area (Å²) in [7, 11) is 2.93. The molecule has 1 aromatic carbocycles. The molecule has 0 bridgehead atoms. The molecule has 1 aromatic heterocycles. The molecule has 0 saturated carbocycles. The Hall–Kier alpha value is -2.83. The summed E-state index contributed by atoms with van der Waals surface area (Å²) >= 11 is 0. The van der Waals surface area contributed by atoms with E-state index in [9.17, 15) is 14.9 Å². The van der Waals surface area contributed by atoms with Crippen LogP contribution in [-0.4, -0.2) is 16.6 Å². The molecule has 23 heavy (non-hydrogen) atoms. The summed E-state index contributed by atoms with van der Waals surface area (Å²) in [6.07, 6.45) is 2.44. The highest BCUT2D eigenvalue weighted by Gasteiger charge is 2.20. The van der Waals surface area contributed by atoms with Crippen LogP contribution in [0.4, 0.5) is 5.69 Å². The number of pyridine rings is 1. The Morgan fingerprint density at radius 3 is 2.61 bits per heavy atom. The molecule has 7 nitrogen and oxygen atoms in total. The molecule has 0 radical (unpaired) electrons. The number of allylic oxidation sites excluding steroid dienone is 2. The Morgan fingerprint density at radius 1 is 1.39 bits per heavy atom. The molecule has 0 spiro atoms. The van der Waals surface area contributed by atoms with Crippen molar-refractivity contribution in [2.45, 2.75) is 20.3 Å². The van der Waals surface area contributed by atoms with Crippen molar-refractivity contribution in [3.05, 3.63) is 50.5 Å². The quantitative estimate of drug-likeness (QED) is 0.480. The van der Waals surface area contributed by atoms with Crippen molar-refractivity contribution in [2.24, 2.45) is 7.05 Å². The topological polar surface area (TPSA) is 83.6 Å². The van der Waals surface area contributed by atoms with Crippen LogP contribution >= 0.6 is 0 Å². The van der Waals surface area contributed by atoms with Gasteiger partial charge < -0.3 is 14.0 Å². The summed E-state index contributed by atoms with van der Waals surface area (Å²) in [6, 6.07) is 4.29. The van der Waals surface area contributed by atoms with Gasteiger partial charge in [-0.05, 0) is 19.1 Å². The van der Waals surface area contributed by atoms with Gasteiger partial charge in [-0.3, -0.25) is 14.9 Å². The maximum Gasteiger partial charge on any atom is 0.297 e. The minimum Gasteiger partial charge on any atom is -0.488 e. The molecule has 2 aromatic rings. The van der Waals surface area contributed by atoms with Crippen molar-refractivity contribution in [2.75, 3.05) is 7.11 Å². The van der Waals surface area contributed by atoms with Crippen LogP contribution in [0.25, 0.3) is 10.9 Å². The van der Waals surface area contributed by atoms with E-state index >= 15 is 0 Å². The fourth-order valence-electron chi connectivity index (χ4n) is 2.33. The van der Waals surface area contributed by atoms with Crippen LogP contribution in [-0.2, 0) is 7.05 Å². The standard InChI is InChI=1S/C16H18N2O5/c1-5-11(6-2)23-14-12-8-7-10(18(20)21)9-13(12)17(3)16(19)15(14)22-4/h5,7-9H,6H2,1-4H3. The van der Waals surface area contributed by atoms with E-state index in [1.807, 2.05) is 13.8 Å². The maximum absolute atomic E-state index is 12.4. The Kier molecular flexibility index (Phi) is 4.68. The largest absolute Gasteiger partial charge is 0.488 e. The molecule has 7 heteroatoms. The van der Waals surface area contributed by atoms with Crippen LogP contribution in [0.3, 0.4) is 0 Å². The number of hydrogen-bond acceptors (Lipinski definition) is 5. The number of nitro benzene ring substituents is 1. The third kappa shape index (κ3) is 2.90. The maximum atomic E-state index is 12.4. The van der Waals surface area contributed by atoms with Gasteiger partial charge in [0.15, 0.2) is 5.75 Å². The first-order valence-electron chi connectivity index (χ1n) is 7.12. The van der Waals surface area contributed by atoms with Gasteiger partial charge >= 0.3 is 0 Å². The van der Waals surface area contributed by atoms with Gasteiger partial charge in [-0.15, -0.1) is 0 Å². The third-order valence-electron chi connectivity index (χ3n) is 3.61. The van der Waals surface area contributed by atoms with Gasteiger partial charge in [0.1, 0.15) is 0 Å². The number of ether oxygens (including phenoxy) is 2. The first-order valence-corrected chi connectivity index (χ1v) is 7.12. The molecular formula is C16H18N2O5. The lowest BCUT2D eigenvalue weighted by Crippen LogP contribution is -2.20. The summed E-state index contributed by atoms with van der Waals surface area (Å²) in [5, 5.41) is 11.5. The second kappa shape index (κ2) is 6.51. The van der Waals surface area contributed by atoms with Crippen molar-refractivity contribution in [3.63, 3.8) is 0 Å². The van der Waals surface area contributed by atoms with Gasteiger partial charge in [0.25, 0.3) is 11.2 Å². The number of nitro groups is 1. The molecule has 0 aliphatic carbocycles. The van der Waals surface area contributed by atoms with Gasteiger partial charge in [0.2, 0.25) is 5.75 Å². The molecule has 0 aliphatic rings. The number of aryl methyl sites for hydroxylation is 1.